The van der Waals surface area contributed by atoms with Crippen LogP contribution in [0.3, 0.4) is 0 Å². The van der Waals surface area contributed by atoms with Crippen LogP contribution in [-0.4, -0.2) is 25.5 Å². The van der Waals surface area contributed by atoms with Crippen molar-refractivity contribution >= 4 is 28.8 Å². The molecule has 120 valence electrons. The van der Waals surface area contributed by atoms with Gasteiger partial charge in [0.15, 0.2) is 0 Å². The zero-order chi connectivity index (χ0) is 16.2. The van der Waals surface area contributed by atoms with Crippen molar-refractivity contribution < 1.29 is 4.79 Å². The van der Waals surface area contributed by atoms with Crippen molar-refractivity contribution in [2.45, 2.75) is 13.3 Å². The van der Waals surface area contributed by atoms with E-state index in [9.17, 15) is 4.79 Å². The Morgan fingerprint density at radius 2 is 2.26 bits per heavy atom. The van der Waals surface area contributed by atoms with E-state index in [1.54, 1.807) is 0 Å². The summed E-state index contributed by atoms with van der Waals surface area (Å²) in [5, 5.41) is 7.00. The van der Waals surface area contributed by atoms with Gasteiger partial charge in [0.25, 0.3) is 5.91 Å². The number of hydrogen-bond acceptors (Lipinski definition) is 3. The van der Waals surface area contributed by atoms with E-state index in [2.05, 4.69) is 16.7 Å². The first-order chi connectivity index (χ1) is 11.1. The van der Waals surface area contributed by atoms with E-state index < -0.39 is 0 Å². The molecular weight excluding hydrogens is 328 g/mol. The maximum absolute atomic E-state index is 12.4. The number of aryl methyl sites for hydroxylation is 1. The number of benzene rings is 1. The minimum Gasteiger partial charge on any atom is -0.348 e. The van der Waals surface area contributed by atoms with E-state index >= 15 is 0 Å². The Labute approximate surface area is 145 Å². The second kappa shape index (κ2) is 7.30. The first-order valence-corrected chi connectivity index (χ1v) is 8.86. The molecule has 3 rings (SSSR count). The van der Waals surface area contributed by atoms with Gasteiger partial charge in [0.1, 0.15) is 0 Å². The highest BCUT2D eigenvalue weighted by atomic mass is 35.5. The van der Waals surface area contributed by atoms with E-state index in [0.29, 0.717) is 11.6 Å². The quantitative estimate of drug-likeness (QED) is 0.821. The molecule has 0 radical (unpaired) electrons. The van der Waals surface area contributed by atoms with Crippen LogP contribution in [0, 0.1) is 6.92 Å². The molecule has 5 heteroatoms. The number of carbonyl (C=O) groups is 1. The first-order valence-electron chi connectivity index (χ1n) is 7.66. The van der Waals surface area contributed by atoms with Crippen LogP contribution < -0.4 is 10.6 Å². The molecule has 0 unspecified atom stereocenters. The van der Waals surface area contributed by atoms with Gasteiger partial charge in [-0.3, -0.25) is 4.79 Å². The average molecular weight is 347 g/mol. The van der Waals surface area contributed by atoms with Gasteiger partial charge in [0.05, 0.1) is 4.88 Å². The summed E-state index contributed by atoms with van der Waals surface area (Å²) < 4.78 is 0. The number of hydrogen-bond donors (Lipinski definition) is 2. The van der Waals surface area contributed by atoms with Crippen LogP contribution in [0.2, 0.25) is 5.02 Å². The monoisotopic (exact) mass is 346 g/mol. The normalized spacial score (nSPS) is 14.4. The topological polar surface area (TPSA) is 41.1 Å². The summed E-state index contributed by atoms with van der Waals surface area (Å²) in [7, 11) is 0. The molecular formula is C18H19ClN2OS. The standard InChI is InChI=1S/C18H19ClN2OS/c1-12-9-16(18(22)21-11-13-5-7-20-8-6-13)23-17(12)14-3-2-4-15(19)10-14/h2-5,9-10,20H,6-8,11H2,1H3,(H,21,22). The zero-order valence-corrected chi connectivity index (χ0v) is 14.6. The van der Waals surface area contributed by atoms with Crippen molar-refractivity contribution in [1.82, 2.24) is 10.6 Å². The number of thiophene rings is 1. The van der Waals surface area contributed by atoms with Gasteiger partial charge < -0.3 is 10.6 Å². The van der Waals surface area contributed by atoms with Crippen molar-refractivity contribution in [1.29, 1.82) is 0 Å². The lowest BCUT2D eigenvalue weighted by Gasteiger charge is -2.14. The Morgan fingerprint density at radius 1 is 1.39 bits per heavy atom. The fraction of sp³-hybridized carbons (Fsp3) is 0.278. The Bertz CT molecular complexity index is 751. The van der Waals surface area contributed by atoms with Gasteiger partial charge in [-0.2, -0.15) is 0 Å². The molecule has 0 bridgehead atoms. The molecule has 0 spiro atoms. The third-order valence-corrected chi connectivity index (χ3v) is 5.38. The van der Waals surface area contributed by atoms with E-state index in [1.807, 2.05) is 37.3 Å². The van der Waals surface area contributed by atoms with Gasteiger partial charge in [-0.25, -0.2) is 0 Å². The van der Waals surface area contributed by atoms with E-state index in [4.69, 9.17) is 11.6 Å². The van der Waals surface area contributed by atoms with Gasteiger partial charge >= 0.3 is 0 Å². The molecule has 1 aromatic heterocycles. The largest absolute Gasteiger partial charge is 0.348 e. The molecule has 0 fully saturated rings. The highest BCUT2D eigenvalue weighted by Crippen LogP contribution is 2.33. The summed E-state index contributed by atoms with van der Waals surface area (Å²) in [4.78, 5) is 14.2. The lowest BCUT2D eigenvalue weighted by molar-refractivity contribution is 0.0960. The molecule has 2 aromatic rings. The number of amides is 1. The lowest BCUT2D eigenvalue weighted by Crippen LogP contribution is -2.29. The lowest BCUT2D eigenvalue weighted by atomic mass is 10.1. The second-order valence-electron chi connectivity index (χ2n) is 5.63. The molecule has 2 heterocycles. The van der Waals surface area contributed by atoms with Gasteiger partial charge in [-0.05, 0) is 49.2 Å². The van der Waals surface area contributed by atoms with Crippen molar-refractivity contribution in [3.63, 3.8) is 0 Å². The number of carbonyl (C=O) groups excluding carboxylic acids is 1. The van der Waals surface area contributed by atoms with Crippen LogP contribution in [0.1, 0.15) is 21.7 Å². The molecule has 0 aliphatic carbocycles. The SMILES string of the molecule is Cc1cc(C(=O)NCC2=CCNCC2)sc1-c1cccc(Cl)c1. The molecule has 23 heavy (non-hydrogen) atoms. The summed E-state index contributed by atoms with van der Waals surface area (Å²) >= 11 is 7.58. The Kier molecular flexibility index (Phi) is 5.16. The summed E-state index contributed by atoms with van der Waals surface area (Å²) in [5.74, 6) is -0.00851. The third kappa shape index (κ3) is 4.02. The summed E-state index contributed by atoms with van der Waals surface area (Å²) in [6.07, 6.45) is 3.15. The minimum atomic E-state index is -0.00851. The Morgan fingerprint density at radius 3 is 3.00 bits per heavy atom. The maximum Gasteiger partial charge on any atom is 0.261 e. The molecule has 1 amide bonds. The Balaban J connectivity index is 1.72. The first kappa shape index (κ1) is 16.2. The van der Waals surface area contributed by atoms with Gasteiger partial charge in [-0.15, -0.1) is 11.3 Å². The molecule has 2 N–H and O–H groups in total. The van der Waals surface area contributed by atoms with Crippen LogP contribution in [-0.2, 0) is 0 Å². The predicted molar refractivity (Wildman–Crippen MR) is 97.4 cm³/mol. The number of nitrogens with one attached hydrogen (secondary N) is 2. The fourth-order valence-electron chi connectivity index (χ4n) is 2.62. The predicted octanol–water partition coefficient (Wildman–Crippen LogP) is 4.03. The Hall–Kier alpha value is -1.62. The van der Waals surface area contributed by atoms with E-state index in [1.165, 1.54) is 16.9 Å². The summed E-state index contributed by atoms with van der Waals surface area (Å²) in [6, 6.07) is 9.69. The van der Waals surface area contributed by atoms with Gasteiger partial charge in [0.2, 0.25) is 0 Å². The van der Waals surface area contributed by atoms with Crippen molar-refractivity contribution in [2.75, 3.05) is 19.6 Å². The molecule has 1 aromatic carbocycles. The number of rotatable bonds is 4. The van der Waals surface area contributed by atoms with Gasteiger partial charge in [0, 0.05) is 23.0 Å². The third-order valence-electron chi connectivity index (χ3n) is 3.86. The molecule has 0 saturated carbocycles. The van der Waals surface area contributed by atoms with Crippen LogP contribution in [0.4, 0.5) is 0 Å². The molecule has 1 aliphatic heterocycles. The second-order valence-corrected chi connectivity index (χ2v) is 7.12. The van der Waals surface area contributed by atoms with Crippen molar-refractivity contribution in [3.8, 4) is 10.4 Å². The zero-order valence-electron chi connectivity index (χ0n) is 13.0. The van der Waals surface area contributed by atoms with Crippen LogP contribution in [0.15, 0.2) is 42.0 Å². The molecule has 0 saturated heterocycles. The number of halogens is 1. The summed E-state index contributed by atoms with van der Waals surface area (Å²) in [6.45, 7) is 4.53. The fourth-order valence-corrected chi connectivity index (χ4v) is 3.90. The highest BCUT2D eigenvalue weighted by molar-refractivity contribution is 7.17. The van der Waals surface area contributed by atoms with Crippen LogP contribution in [0.25, 0.3) is 10.4 Å². The minimum absolute atomic E-state index is 0.00851. The molecule has 3 nitrogen and oxygen atoms in total. The van der Waals surface area contributed by atoms with Crippen molar-refractivity contribution in [3.05, 3.63) is 57.4 Å². The molecule has 1 aliphatic rings. The van der Waals surface area contributed by atoms with Crippen molar-refractivity contribution in [2.24, 2.45) is 0 Å². The van der Waals surface area contributed by atoms with Crippen LogP contribution >= 0.6 is 22.9 Å². The van der Waals surface area contributed by atoms with E-state index in [-0.39, 0.29) is 5.91 Å². The molecule has 0 atom stereocenters. The highest BCUT2D eigenvalue weighted by Gasteiger charge is 2.14. The summed E-state index contributed by atoms with van der Waals surface area (Å²) in [5.41, 5.74) is 3.45. The maximum atomic E-state index is 12.4. The average Bonchev–Trinajstić information content (AvgIpc) is 2.95. The smallest absolute Gasteiger partial charge is 0.261 e. The van der Waals surface area contributed by atoms with Crippen LogP contribution in [0.5, 0.6) is 0 Å². The van der Waals surface area contributed by atoms with E-state index in [0.717, 1.165) is 40.4 Å². The van der Waals surface area contributed by atoms with Gasteiger partial charge in [-0.1, -0.05) is 35.4 Å².